The molecule has 1 amide bonds. The molecule has 0 aliphatic rings. The molecule has 0 aliphatic carbocycles. The van der Waals surface area contributed by atoms with Gasteiger partial charge in [0.15, 0.2) is 6.10 Å². The molecule has 0 heterocycles. The first-order chi connectivity index (χ1) is 13.3. The first-order valence-corrected chi connectivity index (χ1v) is 9.08. The zero-order chi connectivity index (χ0) is 20.7. The van der Waals surface area contributed by atoms with Crippen LogP contribution in [0.25, 0.3) is 0 Å². The minimum atomic E-state index is -0.970. The molecule has 7 nitrogen and oxygen atoms in total. The van der Waals surface area contributed by atoms with E-state index >= 15 is 0 Å². The standard InChI is InChI=1S/C21H24N2O5/c1-14-13-18(11-12-19(14)23(26)27)21(25)28-16(3)20(24)22-15(2)9-10-17-7-5-4-6-8-17/h4-8,11-13,15-16H,9-10H2,1-3H3,(H,22,24)/t15-,16-/m0/s1. The number of nitrogens with zero attached hydrogens (tertiary/aromatic N) is 1. The topological polar surface area (TPSA) is 98.5 Å². The summed E-state index contributed by atoms with van der Waals surface area (Å²) in [5, 5.41) is 13.7. The first-order valence-electron chi connectivity index (χ1n) is 9.08. The van der Waals surface area contributed by atoms with Crippen molar-refractivity contribution in [2.75, 3.05) is 0 Å². The summed E-state index contributed by atoms with van der Waals surface area (Å²) in [6.45, 7) is 4.93. The molecule has 28 heavy (non-hydrogen) atoms. The summed E-state index contributed by atoms with van der Waals surface area (Å²) < 4.78 is 5.20. The highest BCUT2D eigenvalue weighted by molar-refractivity contribution is 5.92. The molecule has 0 aliphatic heterocycles. The number of rotatable bonds is 8. The van der Waals surface area contributed by atoms with E-state index in [-0.39, 0.29) is 23.2 Å². The molecule has 0 fully saturated rings. The van der Waals surface area contributed by atoms with Crippen LogP contribution in [0, 0.1) is 17.0 Å². The molecule has 0 spiro atoms. The lowest BCUT2D eigenvalue weighted by atomic mass is 10.1. The summed E-state index contributed by atoms with van der Waals surface area (Å²) in [6, 6.07) is 13.8. The summed E-state index contributed by atoms with van der Waals surface area (Å²) in [5.74, 6) is -1.08. The van der Waals surface area contributed by atoms with E-state index in [1.54, 1.807) is 6.92 Å². The van der Waals surface area contributed by atoms with Crippen molar-refractivity contribution in [1.29, 1.82) is 0 Å². The average molecular weight is 384 g/mol. The minimum Gasteiger partial charge on any atom is -0.449 e. The van der Waals surface area contributed by atoms with E-state index in [1.165, 1.54) is 30.7 Å². The second kappa shape index (κ2) is 9.64. The molecule has 2 atom stereocenters. The second-order valence-corrected chi connectivity index (χ2v) is 6.74. The Bertz CT molecular complexity index is 851. The van der Waals surface area contributed by atoms with Crippen molar-refractivity contribution in [1.82, 2.24) is 5.32 Å². The fourth-order valence-corrected chi connectivity index (χ4v) is 2.73. The number of hydrogen-bond donors (Lipinski definition) is 1. The Morgan fingerprint density at radius 1 is 1.14 bits per heavy atom. The summed E-state index contributed by atoms with van der Waals surface area (Å²) >= 11 is 0. The van der Waals surface area contributed by atoms with Crippen LogP contribution in [0.15, 0.2) is 48.5 Å². The number of amides is 1. The van der Waals surface area contributed by atoms with Gasteiger partial charge in [0.1, 0.15) is 0 Å². The van der Waals surface area contributed by atoms with Gasteiger partial charge in [-0.05, 0) is 51.3 Å². The zero-order valence-electron chi connectivity index (χ0n) is 16.2. The summed E-state index contributed by atoms with van der Waals surface area (Å²) in [6.07, 6.45) is 0.624. The summed E-state index contributed by atoms with van der Waals surface area (Å²) in [7, 11) is 0. The maximum atomic E-state index is 12.3. The SMILES string of the molecule is Cc1cc(C(=O)O[C@@H](C)C(=O)N[C@@H](C)CCc2ccccc2)ccc1[N+](=O)[O-]. The average Bonchev–Trinajstić information content (AvgIpc) is 2.66. The van der Waals surface area contributed by atoms with Gasteiger partial charge in [0, 0.05) is 17.7 Å². The molecule has 0 saturated carbocycles. The van der Waals surface area contributed by atoms with Gasteiger partial charge in [0.2, 0.25) is 0 Å². The molecular weight excluding hydrogens is 360 g/mol. The molecule has 0 saturated heterocycles. The predicted octanol–water partition coefficient (Wildman–Crippen LogP) is 3.59. The van der Waals surface area contributed by atoms with Crippen molar-refractivity contribution in [3.63, 3.8) is 0 Å². The molecule has 148 valence electrons. The number of carbonyl (C=O) groups excluding carboxylic acids is 2. The number of benzene rings is 2. The number of ether oxygens (including phenoxy) is 1. The van der Waals surface area contributed by atoms with E-state index in [0.717, 1.165) is 12.8 Å². The van der Waals surface area contributed by atoms with Crippen molar-refractivity contribution in [2.24, 2.45) is 0 Å². The molecule has 0 radical (unpaired) electrons. The number of hydrogen-bond acceptors (Lipinski definition) is 5. The normalized spacial score (nSPS) is 12.7. The van der Waals surface area contributed by atoms with E-state index in [2.05, 4.69) is 5.32 Å². The van der Waals surface area contributed by atoms with Gasteiger partial charge in [0.25, 0.3) is 11.6 Å². The maximum absolute atomic E-state index is 12.3. The van der Waals surface area contributed by atoms with Gasteiger partial charge in [-0.2, -0.15) is 0 Å². The molecular formula is C21H24N2O5. The Morgan fingerprint density at radius 2 is 1.82 bits per heavy atom. The van der Waals surface area contributed by atoms with Crippen molar-refractivity contribution in [2.45, 2.75) is 45.8 Å². The van der Waals surface area contributed by atoms with Crippen LogP contribution in [0.2, 0.25) is 0 Å². The van der Waals surface area contributed by atoms with Crippen LogP contribution < -0.4 is 5.32 Å². The Morgan fingerprint density at radius 3 is 2.43 bits per heavy atom. The monoisotopic (exact) mass is 384 g/mol. The second-order valence-electron chi connectivity index (χ2n) is 6.74. The van der Waals surface area contributed by atoms with Gasteiger partial charge < -0.3 is 10.1 Å². The minimum absolute atomic E-state index is 0.0736. The Hall–Kier alpha value is -3.22. The number of esters is 1. The largest absolute Gasteiger partial charge is 0.449 e. The number of nitro groups is 1. The van der Waals surface area contributed by atoms with E-state index in [4.69, 9.17) is 4.74 Å². The molecule has 0 aromatic heterocycles. The zero-order valence-corrected chi connectivity index (χ0v) is 16.2. The number of carbonyl (C=O) groups is 2. The summed E-state index contributed by atoms with van der Waals surface area (Å²) in [5.41, 5.74) is 1.64. The van der Waals surface area contributed by atoms with Crippen molar-refractivity contribution < 1.29 is 19.2 Å². The lowest BCUT2D eigenvalue weighted by Gasteiger charge is -2.18. The first kappa shape index (κ1) is 21.1. The van der Waals surface area contributed by atoms with Gasteiger partial charge >= 0.3 is 5.97 Å². The number of nitrogens with one attached hydrogen (secondary N) is 1. The fraction of sp³-hybridized carbons (Fsp3) is 0.333. The fourth-order valence-electron chi connectivity index (χ4n) is 2.73. The third-order valence-electron chi connectivity index (χ3n) is 4.38. The van der Waals surface area contributed by atoms with Gasteiger partial charge in [-0.25, -0.2) is 4.79 Å². The van der Waals surface area contributed by atoms with Crippen LogP contribution in [0.5, 0.6) is 0 Å². The molecule has 0 bridgehead atoms. The molecule has 0 unspecified atom stereocenters. The highest BCUT2D eigenvalue weighted by Crippen LogP contribution is 2.19. The van der Waals surface area contributed by atoms with Crippen LogP contribution in [0.3, 0.4) is 0 Å². The molecule has 1 N–H and O–H groups in total. The van der Waals surface area contributed by atoms with Crippen LogP contribution in [0.4, 0.5) is 5.69 Å². The molecule has 2 rings (SSSR count). The van der Waals surface area contributed by atoms with Crippen LogP contribution >= 0.6 is 0 Å². The Labute approximate surface area is 163 Å². The smallest absolute Gasteiger partial charge is 0.338 e. The quantitative estimate of drug-likeness (QED) is 0.426. The van der Waals surface area contributed by atoms with Crippen molar-refractivity contribution >= 4 is 17.6 Å². The van der Waals surface area contributed by atoms with Crippen molar-refractivity contribution in [3.8, 4) is 0 Å². The molecule has 2 aromatic rings. The highest BCUT2D eigenvalue weighted by Gasteiger charge is 2.21. The third-order valence-corrected chi connectivity index (χ3v) is 4.38. The van der Waals surface area contributed by atoms with E-state index < -0.39 is 17.0 Å². The van der Waals surface area contributed by atoms with Gasteiger partial charge in [-0.1, -0.05) is 30.3 Å². The van der Waals surface area contributed by atoms with E-state index in [0.29, 0.717) is 5.56 Å². The van der Waals surface area contributed by atoms with Crippen LogP contribution in [0.1, 0.15) is 41.8 Å². The van der Waals surface area contributed by atoms with Gasteiger partial charge in [-0.15, -0.1) is 0 Å². The number of nitro benzene ring substituents is 1. The number of aryl methyl sites for hydroxylation is 2. The predicted molar refractivity (Wildman–Crippen MR) is 105 cm³/mol. The maximum Gasteiger partial charge on any atom is 0.338 e. The molecule has 2 aromatic carbocycles. The van der Waals surface area contributed by atoms with Gasteiger partial charge in [-0.3, -0.25) is 14.9 Å². The Kier molecular flexibility index (Phi) is 7.26. The lowest BCUT2D eigenvalue weighted by Crippen LogP contribution is -2.41. The Balaban J connectivity index is 1.86. The third kappa shape index (κ3) is 5.90. The van der Waals surface area contributed by atoms with Crippen molar-refractivity contribution in [3.05, 3.63) is 75.3 Å². The van der Waals surface area contributed by atoms with E-state index in [9.17, 15) is 19.7 Å². The lowest BCUT2D eigenvalue weighted by molar-refractivity contribution is -0.385. The van der Waals surface area contributed by atoms with Crippen LogP contribution in [-0.2, 0) is 16.0 Å². The highest BCUT2D eigenvalue weighted by atomic mass is 16.6. The van der Waals surface area contributed by atoms with Gasteiger partial charge in [0.05, 0.1) is 10.5 Å². The summed E-state index contributed by atoms with van der Waals surface area (Å²) in [4.78, 5) is 34.8. The van der Waals surface area contributed by atoms with E-state index in [1.807, 2.05) is 37.3 Å². The molecule has 7 heteroatoms. The van der Waals surface area contributed by atoms with Crippen LogP contribution in [-0.4, -0.2) is 28.9 Å².